The number of imidazole rings is 1. The van der Waals surface area contributed by atoms with E-state index >= 15 is 0 Å². The predicted molar refractivity (Wildman–Crippen MR) is 57.9 cm³/mol. The molecule has 2 aromatic heterocycles. The van der Waals surface area contributed by atoms with E-state index in [1.54, 1.807) is 22.7 Å². The number of hydrogen-bond donors (Lipinski definition) is 1. The van der Waals surface area contributed by atoms with Crippen molar-refractivity contribution in [1.82, 2.24) is 9.38 Å². The summed E-state index contributed by atoms with van der Waals surface area (Å²) in [5.74, 6) is 0. The fourth-order valence-corrected chi connectivity index (χ4v) is 1.62. The fraction of sp³-hybridized carbons (Fsp3) is 0.300. The molecule has 0 radical (unpaired) electrons. The minimum Gasteiger partial charge on any atom is -0.320 e. The zero-order chi connectivity index (χ0) is 12.6. The molecule has 0 fully saturated rings. The van der Waals surface area contributed by atoms with Crippen LogP contribution < -0.4 is 5.73 Å². The average Bonchev–Trinajstić information content (AvgIpc) is 2.57. The van der Waals surface area contributed by atoms with Crippen LogP contribution in [0.4, 0.5) is 13.2 Å². The number of pyridine rings is 1. The number of rotatable bonds is 2. The standard InChI is InChI=1S/C10H9ClF3N3/c11-6-1-2-9-16-7(5-17(9)4-6)3-8(15)10(12,13)14/h1-2,4-5,8H,3,15H2. The third-order valence-electron chi connectivity index (χ3n) is 2.31. The van der Waals surface area contributed by atoms with Gasteiger partial charge in [-0.1, -0.05) is 11.6 Å². The minimum atomic E-state index is -4.41. The molecule has 0 aliphatic heterocycles. The summed E-state index contributed by atoms with van der Waals surface area (Å²) in [7, 11) is 0. The van der Waals surface area contributed by atoms with Crippen molar-refractivity contribution in [2.75, 3.05) is 0 Å². The summed E-state index contributed by atoms with van der Waals surface area (Å²) in [5, 5.41) is 0.488. The quantitative estimate of drug-likeness (QED) is 0.904. The van der Waals surface area contributed by atoms with Gasteiger partial charge in [-0.3, -0.25) is 0 Å². The Morgan fingerprint density at radius 2 is 2.06 bits per heavy atom. The lowest BCUT2D eigenvalue weighted by Gasteiger charge is -2.13. The number of hydrogen-bond acceptors (Lipinski definition) is 2. The molecule has 2 heterocycles. The van der Waals surface area contributed by atoms with Gasteiger partial charge in [-0.25, -0.2) is 4.98 Å². The van der Waals surface area contributed by atoms with Crippen molar-refractivity contribution in [3.8, 4) is 0 Å². The molecular weight excluding hydrogens is 255 g/mol. The summed E-state index contributed by atoms with van der Waals surface area (Å²) in [6, 6.07) is 1.35. The number of halogens is 4. The lowest BCUT2D eigenvalue weighted by atomic mass is 10.2. The van der Waals surface area contributed by atoms with Crippen LogP contribution in [0, 0.1) is 0 Å². The Labute approximate surface area is 100 Å². The molecule has 0 amide bonds. The van der Waals surface area contributed by atoms with Crippen LogP contribution in [0.5, 0.6) is 0 Å². The van der Waals surface area contributed by atoms with E-state index in [9.17, 15) is 13.2 Å². The summed E-state index contributed by atoms with van der Waals surface area (Å²) >= 11 is 5.75. The molecule has 2 N–H and O–H groups in total. The monoisotopic (exact) mass is 263 g/mol. The third kappa shape index (κ3) is 2.70. The van der Waals surface area contributed by atoms with Crippen LogP contribution >= 0.6 is 11.6 Å². The Hall–Kier alpha value is -1.27. The van der Waals surface area contributed by atoms with Gasteiger partial charge in [0, 0.05) is 18.8 Å². The van der Waals surface area contributed by atoms with Crippen molar-refractivity contribution in [2.45, 2.75) is 18.6 Å². The van der Waals surface area contributed by atoms with Crippen molar-refractivity contribution in [2.24, 2.45) is 5.73 Å². The molecular formula is C10H9ClF3N3. The summed E-state index contributed by atoms with van der Waals surface area (Å²) in [5.41, 5.74) is 5.86. The van der Waals surface area contributed by atoms with Crippen molar-refractivity contribution in [3.05, 3.63) is 35.2 Å². The largest absolute Gasteiger partial charge is 0.404 e. The third-order valence-corrected chi connectivity index (χ3v) is 2.54. The van der Waals surface area contributed by atoms with Gasteiger partial charge in [0.25, 0.3) is 0 Å². The van der Waals surface area contributed by atoms with Gasteiger partial charge in [-0.2, -0.15) is 13.2 Å². The van der Waals surface area contributed by atoms with Gasteiger partial charge in [0.2, 0.25) is 0 Å². The van der Waals surface area contributed by atoms with Crippen LogP contribution in [0.15, 0.2) is 24.5 Å². The van der Waals surface area contributed by atoms with Crippen LogP contribution in [-0.2, 0) is 6.42 Å². The summed E-state index contributed by atoms with van der Waals surface area (Å²) in [6.07, 6.45) is -1.68. The zero-order valence-corrected chi connectivity index (χ0v) is 9.33. The normalized spacial score (nSPS) is 14.2. The average molecular weight is 264 g/mol. The molecule has 3 nitrogen and oxygen atoms in total. The van der Waals surface area contributed by atoms with Gasteiger partial charge < -0.3 is 10.1 Å². The number of alkyl halides is 3. The number of aromatic nitrogens is 2. The van der Waals surface area contributed by atoms with E-state index in [1.807, 2.05) is 0 Å². The van der Waals surface area contributed by atoms with Crippen molar-refractivity contribution in [3.63, 3.8) is 0 Å². The van der Waals surface area contributed by atoms with E-state index in [0.29, 0.717) is 10.7 Å². The van der Waals surface area contributed by atoms with Gasteiger partial charge in [0.05, 0.1) is 10.7 Å². The number of fused-ring (bicyclic) bond motifs is 1. The molecule has 0 aromatic carbocycles. The Morgan fingerprint density at radius 1 is 1.35 bits per heavy atom. The molecule has 1 atom stereocenters. The molecule has 2 aromatic rings. The Balaban J connectivity index is 2.25. The van der Waals surface area contributed by atoms with E-state index in [0.717, 1.165) is 0 Å². The molecule has 0 aliphatic rings. The second-order valence-electron chi connectivity index (χ2n) is 3.70. The first kappa shape index (κ1) is 12.2. The maximum atomic E-state index is 12.3. The minimum absolute atomic E-state index is 0.289. The fourth-order valence-electron chi connectivity index (χ4n) is 1.46. The maximum Gasteiger partial charge on any atom is 0.404 e. The van der Waals surface area contributed by atoms with Crippen LogP contribution in [0.3, 0.4) is 0 Å². The van der Waals surface area contributed by atoms with E-state index in [1.165, 1.54) is 6.20 Å². The smallest absolute Gasteiger partial charge is 0.320 e. The molecule has 7 heteroatoms. The van der Waals surface area contributed by atoms with Crippen molar-refractivity contribution >= 4 is 17.2 Å². The van der Waals surface area contributed by atoms with E-state index in [-0.39, 0.29) is 12.1 Å². The highest BCUT2D eigenvalue weighted by molar-refractivity contribution is 6.30. The van der Waals surface area contributed by atoms with Gasteiger partial charge in [0.1, 0.15) is 11.7 Å². The summed E-state index contributed by atoms with van der Waals surface area (Å²) in [4.78, 5) is 4.03. The van der Waals surface area contributed by atoms with Gasteiger partial charge in [-0.15, -0.1) is 0 Å². The van der Waals surface area contributed by atoms with Crippen LogP contribution in [0.25, 0.3) is 5.65 Å². The Morgan fingerprint density at radius 3 is 2.71 bits per heavy atom. The predicted octanol–water partition coefficient (Wildman–Crippen LogP) is 2.42. The molecule has 0 aliphatic carbocycles. The van der Waals surface area contributed by atoms with Crippen molar-refractivity contribution < 1.29 is 13.2 Å². The first-order valence-electron chi connectivity index (χ1n) is 4.81. The van der Waals surface area contributed by atoms with Crippen LogP contribution in [-0.4, -0.2) is 21.6 Å². The maximum absolute atomic E-state index is 12.3. The number of nitrogens with zero attached hydrogens (tertiary/aromatic N) is 2. The summed E-state index contributed by atoms with van der Waals surface area (Å²) < 4.78 is 38.4. The highest BCUT2D eigenvalue weighted by atomic mass is 35.5. The van der Waals surface area contributed by atoms with Crippen LogP contribution in [0.2, 0.25) is 5.02 Å². The van der Waals surface area contributed by atoms with Gasteiger partial charge in [0.15, 0.2) is 0 Å². The molecule has 0 saturated carbocycles. The molecule has 0 saturated heterocycles. The molecule has 0 spiro atoms. The topological polar surface area (TPSA) is 43.3 Å². The molecule has 1 unspecified atom stereocenters. The molecule has 17 heavy (non-hydrogen) atoms. The highest BCUT2D eigenvalue weighted by Crippen LogP contribution is 2.21. The second kappa shape index (κ2) is 4.19. The van der Waals surface area contributed by atoms with Crippen molar-refractivity contribution in [1.29, 1.82) is 0 Å². The first-order chi connectivity index (χ1) is 7.86. The summed E-state index contributed by atoms with van der Waals surface area (Å²) in [6.45, 7) is 0. The van der Waals surface area contributed by atoms with Gasteiger partial charge in [-0.05, 0) is 12.1 Å². The lowest BCUT2D eigenvalue weighted by Crippen LogP contribution is -2.39. The molecule has 0 bridgehead atoms. The molecule has 92 valence electrons. The second-order valence-corrected chi connectivity index (χ2v) is 4.13. The Bertz CT molecular complexity index is 535. The van der Waals surface area contributed by atoms with E-state index in [4.69, 9.17) is 17.3 Å². The SMILES string of the molecule is NC(Cc1cn2cc(Cl)ccc2n1)C(F)(F)F. The van der Waals surface area contributed by atoms with Crippen LogP contribution in [0.1, 0.15) is 5.69 Å². The highest BCUT2D eigenvalue weighted by Gasteiger charge is 2.36. The molecule has 2 rings (SSSR count). The van der Waals surface area contributed by atoms with E-state index < -0.39 is 12.2 Å². The lowest BCUT2D eigenvalue weighted by molar-refractivity contribution is -0.147. The first-order valence-corrected chi connectivity index (χ1v) is 5.19. The zero-order valence-electron chi connectivity index (χ0n) is 8.58. The number of nitrogens with two attached hydrogens (primary N) is 1. The Kier molecular flexibility index (Phi) is 3.01. The van der Waals surface area contributed by atoms with Gasteiger partial charge >= 0.3 is 6.18 Å². The van der Waals surface area contributed by atoms with E-state index in [2.05, 4.69) is 4.98 Å².